The molecule has 0 unspecified atom stereocenters. The molecule has 0 saturated heterocycles. The van der Waals surface area contributed by atoms with E-state index in [0.717, 1.165) is 31.9 Å². The third-order valence-corrected chi connectivity index (χ3v) is 3.30. The highest BCUT2D eigenvalue weighted by Crippen LogP contribution is 2.28. The van der Waals surface area contributed by atoms with E-state index in [1.165, 1.54) is 12.0 Å². The van der Waals surface area contributed by atoms with Crippen molar-refractivity contribution in [3.8, 4) is 5.75 Å². The number of benzene rings is 1. The van der Waals surface area contributed by atoms with Crippen LogP contribution < -0.4 is 10.1 Å². The second-order valence-electron chi connectivity index (χ2n) is 5.34. The fourth-order valence-corrected chi connectivity index (χ4v) is 2.02. The molecule has 0 atom stereocenters. The van der Waals surface area contributed by atoms with Crippen molar-refractivity contribution in [3.63, 3.8) is 0 Å². The Morgan fingerprint density at radius 1 is 1.06 bits per heavy atom. The van der Waals surface area contributed by atoms with Crippen molar-refractivity contribution in [2.24, 2.45) is 0 Å². The summed E-state index contributed by atoms with van der Waals surface area (Å²) in [6.45, 7) is 11.7. The van der Waals surface area contributed by atoms with Gasteiger partial charge < -0.3 is 10.1 Å². The Kier molecular flexibility index (Phi) is 6.20. The topological polar surface area (TPSA) is 21.3 Å². The molecule has 102 valence electrons. The van der Waals surface area contributed by atoms with Crippen molar-refractivity contribution in [1.29, 1.82) is 0 Å². The Hall–Kier alpha value is -1.02. The van der Waals surface area contributed by atoms with Crippen LogP contribution in [0, 0.1) is 0 Å². The Morgan fingerprint density at radius 2 is 1.72 bits per heavy atom. The summed E-state index contributed by atoms with van der Waals surface area (Å²) >= 11 is 0. The molecule has 0 bridgehead atoms. The van der Waals surface area contributed by atoms with E-state index in [4.69, 9.17) is 4.74 Å². The lowest BCUT2D eigenvalue weighted by Gasteiger charge is -2.25. The molecular formula is C16H27NO. The van der Waals surface area contributed by atoms with E-state index in [0.29, 0.717) is 0 Å². The summed E-state index contributed by atoms with van der Waals surface area (Å²) in [4.78, 5) is 0. The van der Waals surface area contributed by atoms with Gasteiger partial charge in [-0.15, -0.1) is 0 Å². The van der Waals surface area contributed by atoms with Crippen LogP contribution in [0.15, 0.2) is 24.3 Å². The van der Waals surface area contributed by atoms with Gasteiger partial charge in [0.2, 0.25) is 0 Å². The predicted octanol–water partition coefficient (Wildman–Crippen LogP) is 3.75. The summed E-state index contributed by atoms with van der Waals surface area (Å²) in [5.74, 6) is 0.959. The van der Waals surface area contributed by atoms with E-state index >= 15 is 0 Å². The lowest BCUT2D eigenvalue weighted by atomic mass is 9.81. The molecule has 1 aromatic carbocycles. The zero-order valence-corrected chi connectivity index (χ0v) is 12.3. The van der Waals surface area contributed by atoms with Gasteiger partial charge in [-0.25, -0.2) is 0 Å². The van der Waals surface area contributed by atoms with E-state index in [-0.39, 0.29) is 5.41 Å². The molecule has 1 aromatic rings. The van der Waals surface area contributed by atoms with Gasteiger partial charge in [-0.1, -0.05) is 32.9 Å². The highest BCUT2D eigenvalue weighted by atomic mass is 16.5. The van der Waals surface area contributed by atoms with Crippen LogP contribution in [0.2, 0.25) is 0 Å². The molecule has 0 fully saturated rings. The van der Waals surface area contributed by atoms with Gasteiger partial charge >= 0.3 is 0 Å². The van der Waals surface area contributed by atoms with Crippen LogP contribution in [0.5, 0.6) is 5.75 Å². The third kappa shape index (κ3) is 4.69. The first-order valence-corrected chi connectivity index (χ1v) is 7.04. The molecule has 1 rings (SSSR count). The van der Waals surface area contributed by atoms with Crippen molar-refractivity contribution >= 4 is 0 Å². The first-order valence-electron chi connectivity index (χ1n) is 7.04. The van der Waals surface area contributed by atoms with E-state index in [1.54, 1.807) is 0 Å². The summed E-state index contributed by atoms with van der Waals surface area (Å²) in [5.41, 5.74) is 1.59. The Labute approximate surface area is 112 Å². The number of hydrogen-bond acceptors (Lipinski definition) is 2. The van der Waals surface area contributed by atoms with Crippen molar-refractivity contribution in [2.45, 2.75) is 46.0 Å². The zero-order valence-electron chi connectivity index (χ0n) is 12.3. The highest BCUT2D eigenvalue weighted by molar-refractivity contribution is 5.31. The van der Waals surface area contributed by atoms with Crippen LogP contribution in [0.3, 0.4) is 0 Å². The number of ether oxygens (including phenoxy) is 1. The van der Waals surface area contributed by atoms with Gasteiger partial charge in [-0.05, 0) is 56.0 Å². The number of nitrogens with one attached hydrogen (secondary N) is 1. The highest BCUT2D eigenvalue weighted by Gasteiger charge is 2.19. The standard InChI is InChI=1S/C16H27NO/c1-5-12-17-13-11-16(3,4)14-7-9-15(10-8-14)18-6-2/h7-10,17H,5-6,11-13H2,1-4H3. The van der Waals surface area contributed by atoms with Gasteiger partial charge in [-0.3, -0.25) is 0 Å². The lowest BCUT2D eigenvalue weighted by molar-refractivity contribution is 0.340. The molecule has 2 nitrogen and oxygen atoms in total. The molecule has 0 saturated carbocycles. The van der Waals surface area contributed by atoms with Crippen LogP contribution >= 0.6 is 0 Å². The monoisotopic (exact) mass is 249 g/mol. The third-order valence-electron chi connectivity index (χ3n) is 3.30. The molecule has 0 heterocycles. The molecule has 0 aliphatic heterocycles. The van der Waals surface area contributed by atoms with Crippen molar-refractivity contribution in [2.75, 3.05) is 19.7 Å². The first-order chi connectivity index (χ1) is 8.60. The molecule has 0 aliphatic rings. The van der Waals surface area contributed by atoms with Gasteiger partial charge in [0.15, 0.2) is 0 Å². The van der Waals surface area contributed by atoms with Gasteiger partial charge in [-0.2, -0.15) is 0 Å². The van der Waals surface area contributed by atoms with Crippen LogP contribution in [0.4, 0.5) is 0 Å². The van der Waals surface area contributed by atoms with Crippen LogP contribution in [-0.4, -0.2) is 19.7 Å². The van der Waals surface area contributed by atoms with Gasteiger partial charge in [0, 0.05) is 0 Å². The maximum atomic E-state index is 5.47. The SMILES string of the molecule is CCCNCCC(C)(C)c1ccc(OCC)cc1. The average Bonchev–Trinajstić information content (AvgIpc) is 2.36. The van der Waals surface area contributed by atoms with Crippen LogP contribution in [0.1, 0.15) is 46.1 Å². The Morgan fingerprint density at radius 3 is 2.28 bits per heavy atom. The van der Waals surface area contributed by atoms with Crippen molar-refractivity contribution < 1.29 is 4.74 Å². The molecule has 0 spiro atoms. The molecule has 0 radical (unpaired) electrons. The molecule has 1 N–H and O–H groups in total. The minimum atomic E-state index is 0.214. The number of rotatable bonds is 8. The fraction of sp³-hybridized carbons (Fsp3) is 0.625. The normalized spacial score (nSPS) is 11.6. The van der Waals surface area contributed by atoms with E-state index in [9.17, 15) is 0 Å². The summed E-state index contributed by atoms with van der Waals surface area (Å²) in [7, 11) is 0. The molecule has 0 aliphatic carbocycles. The fourth-order valence-electron chi connectivity index (χ4n) is 2.02. The second kappa shape index (κ2) is 7.42. The zero-order chi connectivity index (χ0) is 13.4. The minimum Gasteiger partial charge on any atom is -0.494 e. The molecular weight excluding hydrogens is 222 g/mol. The average molecular weight is 249 g/mol. The van der Waals surface area contributed by atoms with Gasteiger partial charge in [0.25, 0.3) is 0 Å². The molecule has 0 amide bonds. The van der Waals surface area contributed by atoms with Gasteiger partial charge in [0.05, 0.1) is 6.61 Å². The van der Waals surface area contributed by atoms with Crippen molar-refractivity contribution in [1.82, 2.24) is 5.32 Å². The Balaban J connectivity index is 2.54. The maximum absolute atomic E-state index is 5.47. The lowest BCUT2D eigenvalue weighted by Crippen LogP contribution is -2.25. The second-order valence-corrected chi connectivity index (χ2v) is 5.34. The van der Waals surface area contributed by atoms with E-state index < -0.39 is 0 Å². The summed E-state index contributed by atoms with van der Waals surface area (Å²) < 4.78 is 5.47. The quantitative estimate of drug-likeness (QED) is 0.708. The molecule has 0 aromatic heterocycles. The largest absolute Gasteiger partial charge is 0.494 e. The summed E-state index contributed by atoms with van der Waals surface area (Å²) in [6, 6.07) is 8.51. The first kappa shape index (κ1) is 15.0. The predicted molar refractivity (Wildman–Crippen MR) is 78.4 cm³/mol. The van der Waals surface area contributed by atoms with Crippen molar-refractivity contribution in [3.05, 3.63) is 29.8 Å². The number of hydrogen-bond donors (Lipinski definition) is 1. The minimum absolute atomic E-state index is 0.214. The van der Waals surface area contributed by atoms with E-state index in [1.807, 2.05) is 6.92 Å². The van der Waals surface area contributed by atoms with Gasteiger partial charge in [0.1, 0.15) is 5.75 Å². The summed E-state index contributed by atoms with van der Waals surface area (Å²) in [5, 5.41) is 3.47. The Bertz CT molecular complexity index is 329. The maximum Gasteiger partial charge on any atom is 0.119 e. The molecule has 2 heteroatoms. The van der Waals surface area contributed by atoms with E-state index in [2.05, 4.69) is 50.4 Å². The van der Waals surface area contributed by atoms with Crippen LogP contribution in [0.25, 0.3) is 0 Å². The summed E-state index contributed by atoms with van der Waals surface area (Å²) in [6.07, 6.45) is 2.35. The molecule has 18 heavy (non-hydrogen) atoms. The smallest absolute Gasteiger partial charge is 0.119 e. The van der Waals surface area contributed by atoms with Crippen LogP contribution in [-0.2, 0) is 5.41 Å².